The van der Waals surface area contributed by atoms with Gasteiger partial charge in [0.1, 0.15) is 18.2 Å². The molecule has 0 bridgehead atoms. The second-order valence-corrected chi connectivity index (χ2v) is 9.65. The van der Waals surface area contributed by atoms with Crippen molar-refractivity contribution in [2.75, 3.05) is 18.4 Å². The molecule has 12 heteroatoms. The summed E-state index contributed by atoms with van der Waals surface area (Å²) in [5, 5.41) is 17.3. The van der Waals surface area contributed by atoms with Crippen molar-refractivity contribution < 1.29 is 22.6 Å². The molecule has 0 radical (unpaired) electrons. The van der Waals surface area contributed by atoms with Gasteiger partial charge in [-0.25, -0.2) is 8.42 Å². The van der Waals surface area contributed by atoms with Gasteiger partial charge in [0.25, 0.3) is 5.91 Å². The van der Waals surface area contributed by atoms with Gasteiger partial charge < -0.3 is 9.73 Å². The number of nitrogens with one attached hydrogen (secondary N) is 1. The first kappa shape index (κ1) is 22.7. The van der Waals surface area contributed by atoms with E-state index < -0.39 is 20.9 Å². The van der Waals surface area contributed by atoms with Gasteiger partial charge >= 0.3 is 5.69 Å². The van der Waals surface area contributed by atoms with Crippen molar-refractivity contribution in [3.63, 3.8) is 0 Å². The molecule has 174 valence electrons. The van der Waals surface area contributed by atoms with E-state index in [9.17, 15) is 23.3 Å². The minimum Gasteiger partial charge on any atom is -0.454 e. The Morgan fingerprint density at radius 1 is 1.09 bits per heavy atom. The van der Waals surface area contributed by atoms with Gasteiger partial charge in [-0.2, -0.15) is 9.40 Å². The van der Waals surface area contributed by atoms with E-state index in [1.807, 2.05) is 0 Å². The van der Waals surface area contributed by atoms with Crippen LogP contribution in [0.25, 0.3) is 0 Å². The van der Waals surface area contributed by atoms with Gasteiger partial charge in [0.15, 0.2) is 5.76 Å². The lowest BCUT2D eigenvalue weighted by Crippen LogP contribution is -2.31. The first-order chi connectivity index (χ1) is 15.8. The third kappa shape index (κ3) is 5.29. The molecule has 1 saturated heterocycles. The molecule has 1 aromatic carbocycles. The highest BCUT2D eigenvalue weighted by molar-refractivity contribution is 7.89. The first-order valence-electron chi connectivity index (χ1n) is 10.5. The van der Waals surface area contributed by atoms with E-state index in [4.69, 9.17) is 4.42 Å². The van der Waals surface area contributed by atoms with E-state index in [2.05, 4.69) is 10.4 Å². The Morgan fingerprint density at radius 3 is 2.42 bits per heavy atom. The Balaban J connectivity index is 1.39. The smallest absolute Gasteiger partial charge is 0.307 e. The molecule has 1 aliphatic rings. The minimum absolute atomic E-state index is 0.0490. The van der Waals surface area contributed by atoms with Gasteiger partial charge in [-0.1, -0.05) is 12.8 Å². The van der Waals surface area contributed by atoms with Crippen molar-refractivity contribution in [2.45, 2.75) is 37.1 Å². The number of hydrogen-bond acceptors (Lipinski definition) is 7. The zero-order chi connectivity index (χ0) is 23.4. The number of benzene rings is 1. The normalized spacial score (nSPS) is 15.2. The number of nitro groups is 1. The first-order valence-corrected chi connectivity index (χ1v) is 11.9. The van der Waals surface area contributed by atoms with E-state index in [1.54, 1.807) is 6.07 Å². The molecule has 4 rings (SSSR count). The van der Waals surface area contributed by atoms with Crippen LogP contribution in [0.3, 0.4) is 0 Å². The number of carbonyl (C=O) groups is 1. The Hall–Kier alpha value is -3.51. The van der Waals surface area contributed by atoms with Crippen LogP contribution in [0.2, 0.25) is 0 Å². The fourth-order valence-electron chi connectivity index (χ4n) is 3.61. The van der Waals surface area contributed by atoms with E-state index in [1.165, 1.54) is 45.5 Å². The van der Waals surface area contributed by atoms with Crippen molar-refractivity contribution in [3.05, 3.63) is 70.4 Å². The van der Waals surface area contributed by atoms with Crippen molar-refractivity contribution in [3.8, 4) is 0 Å². The highest BCUT2D eigenvalue weighted by Crippen LogP contribution is 2.22. The van der Waals surface area contributed by atoms with Crippen molar-refractivity contribution in [1.82, 2.24) is 14.1 Å². The standard InChI is InChI=1S/C21H23N5O6S/c27-21(20-10-7-18(32-20)15-24-14-17(13-22-24)26(28)29)23-16-5-8-19(9-6-16)33(30,31)25-11-3-1-2-4-12-25/h5-10,13-14H,1-4,11-12,15H2,(H,23,27). The zero-order valence-corrected chi connectivity index (χ0v) is 18.5. The summed E-state index contributed by atoms with van der Waals surface area (Å²) in [7, 11) is -3.56. The summed E-state index contributed by atoms with van der Waals surface area (Å²) < 4.78 is 34.1. The van der Waals surface area contributed by atoms with Crippen LogP contribution in [0.4, 0.5) is 11.4 Å². The van der Waals surface area contributed by atoms with Crippen LogP contribution >= 0.6 is 0 Å². The van der Waals surface area contributed by atoms with E-state index in [-0.39, 0.29) is 22.9 Å². The molecule has 0 saturated carbocycles. The van der Waals surface area contributed by atoms with Gasteiger partial charge in [0.05, 0.1) is 16.4 Å². The molecule has 1 aliphatic heterocycles. The summed E-state index contributed by atoms with van der Waals surface area (Å²) in [4.78, 5) is 22.9. The molecule has 1 amide bonds. The number of amides is 1. The number of aromatic nitrogens is 2. The summed E-state index contributed by atoms with van der Waals surface area (Å²) in [6.45, 7) is 1.17. The zero-order valence-electron chi connectivity index (χ0n) is 17.7. The Morgan fingerprint density at radius 2 is 1.79 bits per heavy atom. The van der Waals surface area contributed by atoms with Gasteiger partial charge in [0, 0.05) is 18.8 Å². The van der Waals surface area contributed by atoms with Gasteiger partial charge in [0.2, 0.25) is 10.0 Å². The molecule has 3 heterocycles. The SMILES string of the molecule is O=C(Nc1ccc(S(=O)(=O)N2CCCCCC2)cc1)c1ccc(Cn2cc([N+](=O)[O-])cn2)o1. The third-order valence-corrected chi connectivity index (χ3v) is 7.26. The second kappa shape index (κ2) is 9.55. The van der Waals surface area contributed by atoms with E-state index in [0.717, 1.165) is 31.9 Å². The topological polar surface area (TPSA) is 141 Å². The third-order valence-electron chi connectivity index (χ3n) is 5.35. The average Bonchev–Trinajstić information content (AvgIpc) is 3.37. The lowest BCUT2D eigenvalue weighted by molar-refractivity contribution is -0.385. The quantitative estimate of drug-likeness (QED) is 0.410. The minimum atomic E-state index is -3.56. The Bertz CT molecular complexity index is 1240. The number of anilines is 1. The molecular formula is C21H23N5O6S. The molecule has 11 nitrogen and oxygen atoms in total. The number of hydrogen-bond donors (Lipinski definition) is 1. The van der Waals surface area contributed by atoms with Crippen molar-refractivity contribution >= 4 is 27.3 Å². The summed E-state index contributed by atoms with van der Waals surface area (Å²) in [6.07, 6.45) is 6.18. The van der Waals surface area contributed by atoms with E-state index in [0.29, 0.717) is 24.5 Å². The van der Waals surface area contributed by atoms with E-state index >= 15 is 0 Å². The largest absolute Gasteiger partial charge is 0.454 e. The molecular weight excluding hydrogens is 450 g/mol. The van der Waals surface area contributed by atoms with Crippen LogP contribution in [0.1, 0.15) is 42.0 Å². The molecule has 3 aromatic rings. The van der Waals surface area contributed by atoms with Gasteiger partial charge in [-0.3, -0.25) is 19.6 Å². The van der Waals surface area contributed by atoms with Crippen molar-refractivity contribution in [1.29, 1.82) is 0 Å². The lowest BCUT2D eigenvalue weighted by atomic mass is 10.2. The number of sulfonamides is 1. The van der Waals surface area contributed by atoms with Gasteiger partial charge in [-0.15, -0.1) is 0 Å². The highest BCUT2D eigenvalue weighted by atomic mass is 32.2. The van der Waals surface area contributed by atoms with Crippen LogP contribution in [0.15, 0.2) is 58.1 Å². The monoisotopic (exact) mass is 473 g/mol. The summed E-state index contributed by atoms with van der Waals surface area (Å²) >= 11 is 0. The lowest BCUT2D eigenvalue weighted by Gasteiger charge is -2.20. The maximum absolute atomic E-state index is 12.9. The Labute approximate surface area is 190 Å². The van der Waals surface area contributed by atoms with Crippen LogP contribution < -0.4 is 5.32 Å². The maximum Gasteiger partial charge on any atom is 0.307 e. The summed E-state index contributed by atoms with van der Waals surface area (Å²) in [5.74, 6) is -0.0548. The van der Waals surface area contributed by atoms with Crippen LogP contribution in [0, 0.1) is 10.1 Å². The maximum atomic E-state index is 12.9. The number of rotatable bonds is 7. The van der Waals surface area contributed by atoms with Crippen LogP contribution in [-0.2, 0) is 16.6 Å². The average molecular weight is 474 g/mol. The Kier molecular flexibility index (Phi) is 6.56. The molecule has 0 aliphatic carbocycles. The number of carbonyl (C=O) groups excluding carboxylic acids is 1. The molecule has 1 fully saturated rings. The second-order valence-electron chi connectivity index (χ2n) is 7.72. The summed E-state index contributed by atoms with van der Waals surface area (Å²) in [6, 6.07) is 9.10. The molecule has 33 heavy (non-hydrogen) atoms. The molecule has 2 aromatic heterocycles. The molecule has 1 N–H and O–H groups in total. The predicted octanol–water partition coefficient (Wildman–Crippen LogP) is 3.25. The fraction of sp³-hybridized carbons (Fsp3) is 0.333. The van der Waals surface area contributed by atoms with Crippen molar-refractivity contribution in [2.24, 2.45) is 0 Å². The van der Waals surface area contributed by atoms with Crippen LogP contribution in [-0.4, -0.2) is 46.4 Å². The predicted molar refractivity (Wildman–Crippen MR) is 118 cm³/mol. The summed E-state index contributed by atoms with van der Waals surface area (Å²) in [5.41, 5.74) is 0.288. The highest BCUT2D eigenvalue weighted by Gasteiger charge is 2.25. The molecule has 0 atom stereocenters. The number of furan rings is 1. The van der Waals surface area contributed by atoms with Crippen LogP contribution in [0.5, 0.6) is 0 Å². The van der Waals surface area contributed by atoms with Gasteiger partial charge in [-0.05, 0) is 49.2 Å². The molecule has 0 unspecified atom stereocenters. The fourth-order valence-corrected chi connectivity index (χ4v) is 5.13. The molecule has 0 spiro atoms. The number of nitrogens with zero attached hydrogens (tertiary/aromatic N) is 4.